The van der Waals surface area contributed by atoms with Crippen LogP contribution in [0.4, 0.5) is 0 Å². The van der Waals surface area contributed by atoms with E-state index in [9.17, 15) is 25.2 Å². The normalized spacial score (nSPS) is 59.2. The monoisotopic (exact) mass is 394 g/mol. The van der Waals surface area contributed by atoms with E-state index >= 15 is 0 Å². The second kappa shape index (κ2) is 5.25. The minimum atomic E-state index is -2.35. The predicted molar refractivity (Wildman–Crippen MR) is 96.6 cm³/mol. The van der Waals surface area contributed by atoms with Gasteiger partial charge in [-0.05, 0) is 30.3 Å². The molecule has 7 nitrogen and oxygen atoms in total. The van der Waals surface area contributed by atoms with Crippen LogP contribution >= 0.6 is 0 Å². The van der Waals surface area contributed by atoms with Crippen LogP contribution in [0, 0.1) is 34.0 Å². The van der Waals surface area contributed by atoms with Crippen molar-refractivity contribution in [3.05, 3.63) is 12.2 Å². The first-order valence-corrected chi connectivity index (χ1v) is 10.2. The first kappa shape index (κ1) is 19.2. The number of aliphatic hydroxyl groups excluding tert-OH is 3. The molecular weight excluding hydrogens is 364 g/mol. The summed E-state index contributed by atoms with van der Waals surface area (Å²) in [4.78, 5) is 13.5. The molecule has 2 heterocycles. The van der Waals surface area contributed by atoms with Crippen LogP contribution in [0.5, 0.6) is 0 Å². The van der Waals surface area contributed by atoms with Crippen molar-refractivity contribution in [2.75, 3.05) is 7.11 Å². The fraction of sp³-hybridized carbons (Fsp3) is 0.857. The highest BCUT2D eigenvalue weighted by Crippen LogP contribution is 2.77. The molecular formula is C21H30O7. The van der Waals surface area contributed by atoms with Crippen molar-refractivity contribution in [2.45, 2.75) is 69.9 Å². The van der Waals surface area contributed by atoms with Crippen molar-refractivity contribution in [3.8, 4) is 0 Å². The first-order chi connectivity index (χ1) is 13.0. The highest BCUT2D eigenvalue weighted by molar-refractivity contribution is 6.05. The summed E-state index contributed by atoms with van der Waals surface area (Å²) in [7, 11) is 1.48. The lowest BCUT2D eigenvalue weighted by Gasteiger charge is -2.75. The molecule has 2 aliphatic heterocycles. The Morgan fingerprint density at radius 3 is 2.46 bits per heavy atom. The van der Waals surface area contributed by atoms with Crippen molar-refractivity contribution in [3.63, 3.8) is 0 Å². The topological polar surface area (TPSA) is 116 Å². The molecule has 4 aliphatic carbocycles. The summed E-state index contributed by atoms with van der Waals surface area (Å²) in [5.74, 6) is -4.73. The summed E-state index contributed by atoms with van der Waals surface area (Å²) in [6.07, 6.45) is -2.05. The van der Waals surface area contributed by atoms with Gasteiger partial charge in [0.2, 0.25) is 5.79 Å². The zero-order chi connectivity index (χ0) is 20.4. The number of hydrogen-bond acceptors (Lipinski definition) is 7. The molecule has 2 spiro atoms. The molecule has 0 aromatic carbocycles. The third-order valence-electron chi connectivity index (χ3n) is 9.01. The Balaban J connectivity index is 1.85. The fourth-order valence-corrected chi connectivity index (χ4v) is 8.30. The van der Waals surface area contributed by atoms with E-state index in [0.29, 0.717) is 6.42 Å². The Kier molecular flexibility index (Phi) is 3.59. The number of aliphatic hydroxyl groups is 4. The molecule has 28 heavy (non-hydrogen) atoms. The van der Waals surface area contributed by atoms with Gasteiger partial charge in [-0.3, -0.25) is 4.79 Å². The maximum absolute atomic E-state index is 13.5. The summed E-state index contributed by atoms with van der Waals surface area (Å²) < 4.78 is 11.6. The van der Waals surface area contributed by atoms with Gasteiger partial charge in [0.1, 0.15) is 11.5 Å². The summed E-state index contributed by atoms with van der Waals surface area (Å²) in [5.41, 5.74) is -2.90. The molecule has 4 bridgehead atoms. The lowest BCUT2D eigenvalue weighted by atomic mass is 9.35. The minimum absolute atomic E-state index is 0.197. The van der Waals surface area contributed by atoms with E-state index in [0.717, 1.165) is 12.8 Å². The molecule has 4 saturated carbocycles. The van der Waals surface area contributed by atoms with Crippen LogP contribution in [0.1, 0.15) is 39.5 Å². The molecule has 6 aliphatic rings. The average Bonchev–Trinajstić information content (AvgIpc) is 2.73. The number of Topliss-reactive ketones (excluding diaryl/α,β-unsaturated/α-hetero) is 1. The van der Waals surface area contributed by atoms with Crippen LogP contribution in [0.25, 0.3) is 0 Å². The zero-order valence-electron chi connectivity index (χ0n) is 16.6. The molecule has 0 radical (unpaired) electrons. The minimum Gasteiger partial charge on any atom is -0.393 e. The summed E-state index contributed by atoms with van der Waals surface area (Å²) in [5, 5.41) is 45.8. The van der Waals surface area contributed by atoms with Gasteiger partial charge in [-0.25, -0.2) is 0 Å². The highest BCUT2D eigenvalue weighted by Gasteiger charge is 2.89. The van der Waals surface area contributed by atoms with Crippen LogP contribution in [-0.4, -0.2) is 63.7 Å². The molecule has 7 heteroatoms. The molecule has 156 valence electrons. The second-order valence-electron chi connectivity index (χ2n) is 10.3. The van der Waals surface area contributed by atoms with Crippen LogP contribution in [0.2, 0.25) is 0 Å². The first-order valence-electron chi connectivity index (χ1n) is 10.2. The summed E-state index contributed by atoms with van der Waals surface area (Å²) in [6.45, 7) is 7.93. The van der Waals surface area contributed by atoms with Gasteiger partial charge < -0.3 is 29.9 Å². The zero-order valence-corrected chi connectivity index (χ0v) is 16.6. The smallest absolute Gasteiger partial charge is 0.211 e. The molecule has 10 atom stereocenters. The number of hydrogen-bond donors (Lipinski definition) is 4. The molecule has 6 rings (SSSR count). The third kappa shape index (κ3) is 1.62. The highest BCUT2D eigenvalue weighted by atomic mass is 16.7. The van der Waals surface area contributed by atoms with Crippen molar-refractivity contribution in [1.82, 2.24) is 0 Å². The number of carbonyl (C=O) groups excluding carboxylic acids is 1. The third-order valence-corrected chi connectivity index (χ3v) is 9.01. The van der Waals surface area contributed by atoms with Gasteiger partial charge in [-0.1, -0.05) is 26.8 Å². The van der Waals surface area contributed by atoms with E-state index in [1.165, 1.54) is 7.11 Å². The van der Waals surface area contributed by atoms with E-state index in [1.54, 1.807) is 0 Å². The number of fused-ring (bicyclic) bond motifs is 2. The molecule has 0 unspecified atom stereocenters. The molecule has 6 fully saturated rings. The molecule has 2 saturated heterocycles. The van der Waals surface area contributed by atoms with Crippen LogP contribution in [-0.2, 0) is 14.3 Å². The Bertz CT molecular complexity index is 764. The largest absolute Gasteiger partial charge is 0.393 e. The number of rotatable bonds is 1. The molecule has 4 N–H and O–H groups in total. The lowest BCUT2D eigenvalue weighted by molar-refractivity contribution is -0.506. The predicted octanol–water partition coefficient (Wildman–Crippen LogP) is 0.348. The van der Waals surface area contributed by atoms with Crippen molar-refractivity contribution in [2.24, 2.45) is 34.0 Å². The maximum Gasteiger partial charge on any atom is 0.211 e. The number of ketones is 1. The number of carbonyl (C=O) groups is 1. The van der Waals surface area contributed by atoms with Crippen LogP contribution in [0.15, 0.2) is 12.2 Å². The average molecular weight is 394 g/mol. The van der Waals surface area contributed by atoms with Gasteiger partial charge in [0.05, 0.1) is 12.2 Å². The van der Waals surface area contributed by atoms with Gasteiger partial charge in [0.25, 0.3) is 0 Å². The number of ether oxygens (including phenoxy) is 2. The van der Waals surface area contributed by atoms with Crippen molar-refractivity contribution < 1.29 is 34.7 Å². The van der Waals surface area contributed by atoms with Crippen LogP contribution < -0.4 is 0 Å². The Morgan fingerprint density at radius 2 is 1.82 bits per heavy atom. The molecule has 0 amide bonds. The van der Waals surface area contributed by atoms with Gasteiger partial charge in [-0.15, -0.1) is 0 Å². The van der Waals surface area contributed by atoms with E-state index in [-0.39, 0.29) is 17.4 Å². The Morgan fingerprint density at radius 1 is 1.14 bits per heavy atom. The van der Waals surface area contributed by atoms with E-state index < -0.39 is 64.8 Å². The quantitative estimate of drug-likeness (QED) is 0.474. The van der Waals surface area contributed by atoms with Crippen LogP contribution in [0.3, 0.4) is 0 Å². The Labute approximate surface area is 164 Å². The van der Waals surface area contributed by atoms with Crippen molar-refractivity contribution in [1.29, 1.82) is 0 Å². The SMILES string of the molecule is C=C1C(=O)[C@]23[C@H](O)[C@H]1C[C@H](O)[C@H]2[C@]12CCCC(C)(C)[C@H]1[C@H](O)[C@@]3(O)O[C@@H]2OC. The van der Waals surface area contributed by atoms with Crippen molar-refractivity contribution >= 4 is 5.78 Å². The van der Waals surface area contributed by atoms with E-state index in [4.69, 9.17) is 9.47 Å². The van der Waals surface area contributed by atoms with Gasteiger partial charge in [0.15, 0.2) is 12.1 Å². The van der Waals surface area contributed by atoms with E-state index in [1.807, 2.05) is 13.8 Å². The fourth-order valence-electron chi connectivity index (χ4n) is 8.30. The lowest BCUT2D eigenvalue weighted by Crippen LogP contribution is -2.87. The molecule has 0 aromatic heterocycles. The molecule has 0 aromatic rings. The number of methoxy groups -OCH3 is 1. The Hall–Kier alpha value is -0.830. The van der Waals surface area contributed by atoms with E-state index in [2.05, 4.69) is 6.58 Å². The van der Waals surface area contributed by atoms with Gasteiger partial charge >= 0.3 is 0 Å². The summed E-state index contributed by atoms with van der Waals surface area (Å²) in [6, 6.07) is 0. The second-order valence-corrected chi connectivity index (χ2v) is 10.3. The standard InChI is InChI=1S/C21H30O7/c1-9-10-8-11(22)12-19-7-5-6-18(2,3)13(19)16(25)21(26,28-17(19)27-4)20(12,14(9)23)15(10)24/h10-13,15-17,22,24-26H,1,5-8H2,2-4H3/t10-,11-,12-,13+,15+,16-,17-,19+,20-,21+/m0/s1. The van der Waals surface area contributed by atoms with Gasteiger partial charge in [-0.2, -0.15) is 0 Å². The summed E-state index contributed by atoms with van der Waals surface area (Å²) >= 11 is 0. The maximum atomic E-state index is 13.5. The van der Waals surface area contributed by atoms with Gasteiger partial charge in [0, 0.05) is 30.3 Å².